The van der Waals surface area contributed by atoms with Gasteiger partial charge in [-0.05, 0) is 53.4 Å². The van der Waals surface area contributed by atoms with Gasteiger partial charge in [0, 0.05) is 11.1 Å². The Morgan fingerprint density at radius 3 is 2.59 bits per heavy atom. The maximum Gasteiger partial charge on any atom is 0.238 e. The highest BCUT2D eigenvalue weighted by molar-refractivity contribution is 8.00. The van der Waals surface area contributed by atoms with Crippen molar-refractivity contribution < 1.29 is 8.42 Å². The van der Waals surface area contributed by atoms with E-state index in [1.165, 1.54) is 39.9 Å². The molecule has 0 atom stereocenters. The average molecular weight is 354 g/mol. The Morgan fingerprint density at radius 2 is 2.00 bits per heavy atom. The summed E-state index contributed by atoms with van der Waals surface area (Å²) in [6, 6.07) is 6.00. The number of aromatic nitrogens is 5. The molecule has 0 aliphatic rings. The summed E-state index contributed by atoms with van der Waals surface area (Å²) < 4.78 is 24.9. The molecule has 3 rings (SSSR count). The first-order chi connectivity index (χ1) is 10.4. The first-order valence-electron chi connectivity index (χ1n) is 5.95. The lowest BCUT2D eigenvalue weighted by Crippen LogP contribution is -2.12. The van der Waals surface area contributed by atoms with Gasteiger partial charge in [0.2, 0.25) is 15.2 Å². The van der Waals surface area contributed by atoms with Crippen LogP contribution >= 0.6 is 23.1 Å². The number of rotatable bonds is 4. The highest BCUT2D eigenvalue weighted by Gasteiger charge is 2.13. The Kier molecular flexibility index (Phi) is 3.95. The minimum absolute atomic E-state index is 0.0362. The van der Waals surface area contributed by atoms with E-state index in [4.69, 9.17) is 5.14 Å². The second-order valence-corrected chi connectivity index (χ2v) is 7.90. The fourth-order valence-electron chi connectivity index (χ4n) is 1.64. The van der Waals surface area contributed by atoms with Gasteiger partial charge in [-0.25, -0.2) is 18.5 Å². The Morgan fingerprint density at radius 1 is 1.27 bits per heavy atom. The molecule has 0 spiro atoms. The van der Waals surface area contributed by atoms with Crippen LogP contribution in [0.15, 0.2) is 44.0 Å². The van der Waals surface area contributed by atoms with Crippen molar-refractivity contribution >= 4 is 33.1 Å². The van der Waals surface area contributed by atoms with E-state index in [0.717, 1.165) is 10.0 Å². The SMILES string of the molecule is Cc1csc(Sc2nnnn2-c2ccc(S(N)(=O)=O)cc2)n1. The van der Waals surface area contributed by atoms with Crippen molar-refractivity contribution in [1.29, 1.82) is 0 Å². The lowest BCUT2D eigenvalue weighted by Gasteiger charge is -2.04. The molecular weight excluding hydrogens is 344 g/mol. The first kappa shape index (κ1) is 15.1. The Bertz CT molecular complexity index is 900. The maximum absolute atomic E-state index is 11.3. The van der Waals surface area contributed by atoms with E-state index in [9.17, 15) is 8.42 Å². The van der Waals surface area contributed by atoms with Gasteiger partial charge in [-0.3, -0.25) is 0 Å². The van der Waals surface area contributed by atoms with Gasteiger partial charge >= 0.3 is 0 Å². The van der Waals surface area contributed by atoms with Crippen LogP contribution in [0.3, 0.4) is 0 Å². The van der Waals surface area contributed by atoms with Gasteiger partial charge < -0.3 is 0 Å². The normalized spacial score (nSPS) is 11.7. The number of benzene rings is 1. The number of hydrogen-bond donors (Lipinski definition) is 1. The summed E-state index contributed by atoms with van der Waals surface area (Å²) in [5, 5.41) is 19.1. The molecule has 22 heavy (non-hydrogen) atoms. The Labute approximate surface area is 134 Å². The second-order valence-electron chi connectivity index (χ2n) is 4.27. The van der Waals surface area contributed by atoms with Crippen LogP contribution in [0.1, 0.15) is 5.69 Å². The molecule has 0 fully saturated rings. The smallest absolute Gasteiger partial charge is 0.235 e. The number of aryl methyl sites for hydroxylation is 1. The van der Waals surface area contributed by atoms with Crippen molar-refractivity contribution in [2.45, 2.75) is 21.3 Å². The van der Waals surface area contributed by atoms with Crippen LogP contribution in [-0.2, 0) is 10.0 Å². The van der Waals surface area contributed by atoms with Crippen molar-refractivity contribution in [2.75, 3.05) is 0 Å². The van der Waals surface area contributed by atoms with Crippen LogP contribution in [0.25, 0.3) is 5.69 Å². The van der Waals surface area contributed by atoms with Crippen LogP contribution < -0.4 is 5.14 Å². The van der Waals surface area contributed by atoms with Crippen LogP contribution in [-0.4, -0.2) is 33.6 Å². The highest BCUT2D eigenvalue weighted by Crippen LogP contribution is 2.29. The molecule has 0 aliphatic carbocycles. The number of nitrogens with two attached hydrogens (primary N) is 1. The monoisotopic (exact) mass is 354 g/mol. The number of sulfonamides is 1. The summed E-state index contributed by atoms with van der Waals surface area (Å²) in [7, 11) is -3.72. The summed E-state index contributed by atoms with van der Waals surface area (Å²) in [6.45, 7) is 1.91. The molecule has 11 heteroatoms. The fourth-order valence-corrected chi connectivity index (χ4v) is 3.89. The van der Waals surface area contributed by atoms with Gasteiger partial charge in [-0.15, -0.1) is 16.4 Å². The summed E-state index contributed by atoms with van der Waals surface area (Å²) in [5.74, 6) is 0. The molecule has 8 nitrogen and oxygen atoms in total. The molecule has 0 amide bonds. The van der Waals surface area contributed by atoms with E-state index in [1.807, 2.05) is 12.3 Å². The van der Waals surface area contributed by atoms with Crippen molar-refractivity contribution in [3.8, 4) is 5.69 Å². The molecular formula is C11H10N6O2S3. The van der Waals surface area contributed by atoms with E-state index >= 15 is 0 Å². The molecule has 0 unspecified atom stereocenters. The quantitative estimate of drug-likeness (QED) is 0.748. The third kappa shape index (κ3) is 3.16. The Hall–Kier alpha value is -1.82. The minimum atomic E-state index is -3.72. The highest BCUT2D eigenvalue weighted by atomic mass is 32.2. The van der Waals surface area contributed by atoms with Crippen LogP contribution in [0, 0.1) is 6.92 Å². The molecule has 2 N–H and O–H groups in total. The molecule has 0 radical (unpaired) electrons. The number of tetrazole rings is 1. The summed E-state index contributed by atoms with van der Waals surface area (Å²) >= 11 is 2.84. The lowest BCUT2D eigenvalue weighted by molar-refractivity contribution is 0.597. The minimum Gasteiger partial charge on any atom is -0.235 e. The van der Waals surface area contributed by atoms with Crippen molar-refractivity contribution in [3.05, 3.63) is 35.3 Å². The largest absolute Gasteiger partial charge is 0.238 e. The van der Waals surface area contributed by atoms with E-state index in [-0.39, 0.29) is 4.90 Å². The van der Waals surface area contributed by atoms with Gasteiger partial charge in [0.1, 0.15) is 0 Å². The zero-order valence-corrected chi connectivity index (χ0v) is 13.7. The second kappa shape index (κ2) is 5.76. The molecule has 114 valence electrons. The van der Waals surface area contributed by atoms with Crippen molar-refractivity contribution in [1.82, 2.24) is 25.2 Å². The van der Waals surface area contributed by atoms with E-state index in [0.29, 0.717) is 10.8 Å². The Balaban J connectivity index is 1.91. The molecule has 2 heterocycles. The van der Waals surface area contributed by atoms with Gasteiger partial charge in [0.15, 0.2) is 4.34 Å². The maximum atomic E-state index is 11.3. The predicted octanol–water partition coefficient (Wildman–Crippen LogP) is 1.23. The van der Waals surface area contributed by atoms with E-state index < -0.39 is 10.0 Å². The van der Waals surface area contributed by atoms with Gasteiger partial charge in [-0.1, -0.05) is 0 Å². The van der Waals surface area contributed by atoms with Crippen molar-refractivity contribution in [3.63, 3.8) is 0 Å². The summed E-state index contributed by atoms with van der Waals surface area (Å²) in [4.78, 5) is 4.38. The standard InChI is InChI=1S/C11H10N6O2S3/c1-7-6-20-11(13-7)21-10-14-15-16-17(10)8-2-4-9(5-3-8)22(12,18)19/h2-6H,1H3,(H2,12,18,19). The van der Waals surface area contributed by atoms with Crippen LogP contribution in [0.5, 0.6) is 0 Å². The number of hydrogen-bond acceptors (Lipinski definition) is 8. The zero-order chi connectivity index (χ0) is 15.7. The number of nitrogens with zero attached hydrogens (tertiary/aromatic N) is 5. The third-order valence-electron chi connectivity index (χ3n) is 2.63. The first-order valence-corrected chi connectivity index (χ1v) is 9.19. The fraction of sp³-hybridized carbons (Fsp3) is 0.0909. The van der Waals surface area contributed by atoms with Gasteiger partial charge in [-0.2, -0.15) is 4.68 Å². The average Bonchev–Trinajstić information content (AvgIpc) is 3.08. The predicted molar refractivity (Wildman–Crippen MR) is 81.5 cm³/mol. The molecule has 0 aliphatic heterocycles. The third-order valence-corrected chi connectivity index (χ3v) is 5.55. The van der Waals surface area contributed by atoms with E-state index in [1.54, 1.807) is 12.1 Å². The van der Waals surface area contributed by atoms with Crippen LogP contribution in [0.2, 0.25) is 0 Å². The molecule has 0 saturated carbocycles. The number of thiazole rings is 1. The molecule has 1 aromatic carbocycles. The molecule has 3 aromatic rings. The summed E-state index contributed by atoms with van der Waals surface area (Å²) in [5.41, 5.74) is 1.57. The van der Waals surface area contributed by atoms with E-state index in [2.05, 4.69) is 20.5 Å². The number of primary sulfonamides is 1. The van der Waals surface area contributed by atoms with Crippen LogP contribution in [0.4, 0.5) is 0 Å². The molecule has 0 bridgehead atoms. The molecule has 2 aromatic heterocycles. The lowest BCUT2D eigenvalue weighted by atomic mass is 10.3. The zero-order valence-electron chi connectivity index (χ0n) is 11.2. The van der Waals surface area contributed by atoms with Gasteiger partial charge in [0.25, 0.3) is 0 Å². The molecule has 0 saturated heterocycles. The van der Waals surface area contributed by atoms with Gasteiger partial charge in [0.05, 0.1) is 10.6 Å². The summed E-state index contributed by atoms with van der Waals surface area (Å²) in [6.07, 6.45) is 0. The topological polar surface area (TPSA) is 117 Å². The van der Waals surface area contributed by atoms with Crippen molar-refractivity contribution in [2.24, 2.45) is 5.14 Å².